The van der Waals surface area contributed by atoms with Gasteiger partial charge in [0.05, 0.1) is 6.04 Å². The van der Waals surface area contributed by atoms with Gasteiger partial charge < -0.3 is 10.7 Å². The van der Waals surface area contributed by atoms with E-state index in [0.29, 0.717) is 16.7 Å². The highest BCUT2D eigenvalue weighted by Crippen LogP contribution is 2.37. The molecule has 0 radical (unpaired) electrons. The number of nitrogens with zero attached hydrogens (tertiary/aromatic N) is 3. The second-order valence-corrected chi connectivity index (χ2v) is 7.81. The van der Waals surface area contributed by atoms with Crippen LogP contribution in [-0.4, -0.2) is 26.0 Å². The smallest absolute Gasteiger partial charge is 0.236 e. The van der Waals surface area contributed by atoms with Crippen LogP contribution in [0, 0.1) is 6.92 Å². The van der Waals surface area contributed by atoms with E-state index in [1.54, 1.807) is 0 Å². The van der Waals surface area contributed by atoms with Gasteiger partial charge in [0.15, 0.2) is 0 Å². The van der Waals surface area contributed by atoms with E-state index in [9.17, 15) is 4.79 Å². The Balaban J connectivity index is 1.59. The van der Waals surface area contributed by atoms with Crippen molar-refractivity contribution in [3.63, 3.8) is 0 Å². The third-order valence-electron chi connectivity index (χ3n) is 4.40. The van der Waals surface area contributed by atoms with E-state index in [1.165, 1.54) is 11.8 Å². The standard InChI is InChI=1S/C19H18ClN5OS/c1-12-22-23-19-25(12)24-16(14-7-9-15(20)10-8-14)17(27-19)18(26)21-11-13-5-3-2-4-6-13/h2-10,16-17,24H,11H2,1H3,(H,21,26)/t16-,17-/m1/s1. The summed E-state index contributed by atoms with van der Waals surface area (Å²) in [5.74, 6) is 0.697. The van der Waals surface area contributed by atoms with Crippen molar-refractivity contribution in [2.45, 2.75) is 29.9 Å². The normalized spacial score (nSPS) is 18.4. The number of carbonyl (C=O) groups is 1. The first-order chi connectivity index (χ1) is 13.1. The molecule has 138 valence electrons. The second kappa shape index (κ2) is 7.62. The first kappa shape index (κ1) is 17.9. The highest BCUT2D eigenvalue weighted by Gasteiger charge is 2.37. The lowest BCUT2D eigenvalue weighted by molar-refractivity contribution is -0.121. The van der Waals surface area contributed by atoms with Gasteiger partial charge in [0.25, 0.3) is 0 Å². The van der Waals surface area contributed by atoms with E-state index in [4.69, 9.17) is 11.6 Å². The predicted molar refractivity (Wildman–Crippen MR) is 106 cm³/mol. The van der Waals surface area contributed by atoms with Crippen molar-refractivity contribution >= 4 is 29.3 Å². The number of aromatic nitrogens is 3. The zero-order valence-corrected chi connectivity index (χ0v) is 16.2. The molecular formula is C19H18ClN5OS. The van der Waals surface area contributed by atoms with Crippen molar-refractivity contribution in [3.05, 3.63) is 76.6 Å². The maximum atomic E-state index is 13.0. The molecule has 6 nitrogen and oxygen atoms in total. The van der Waals surface area contributed by atoms with Crippen molar-refractivity contribution in [2.75, 3.05) is 5.43 Å². The van der Waals surface area contributed by atoms with Gasteiger partial charge in [-0.25, -0.2) is 4.68 Å². The Morgan fingerprint density at radius 2 is 1.93 bits per heavy atom. The van der Waals surface area contributed by atoms with E-state index in [-0.39, 0.29) is 17.2 Å². The highest BCUT2D eigenvalue weighted by atomic mass is 35.5. The number of aryl methyl sites for hydroxylation is 1. The number of hydrogen-bond donors (Lipinski definition) is 2. The summed E-state index contributed by atoms with van der Waals surface area (Å²) < 4.78 is 1.82. The van der Waals surface area contributed by atoms with Crippen LogP contribution in [0.25, 0.3) is 0 Å². The molecule has 3 aromatic rings. The van der Waals surface area contributed by atoms with Gasteiger partial charge in [0, 0.05) is 11.6 Å². The molecule has 0 aliphatic carbocycles. The summed E-state index contributed by atoms with van der Waals surface area (Å²) in [6.07, 6.45) is 0. The lowest BCUT2D eigenvalue weighted by atomic mass is 10.0. The third kappa shape index (κ3) is 3.79. The number of halogens is 1. The Bertz CT molecular complexity index is 944. The summed E-state index contributed by atoms with van der Waals surface area (Å²) in [6, 6.07) is 17.1. The molecule has 1 aromatic heterocycles. The van der Waals surface area contributed by atoms with Gasteiger partial charge in [0.1, 0.15) is 11.1 Å². The van der Waals surface area contributed by atoms with Crippen LogP contribution in [0.5, 0.6) is 0 Å². The molecule has 0 saturated heterocycles. The van der Waals surface area contributed by atoms with Crippen LogP contribution >= 0.6 is 23.4 Å². The maximum Gasteiger partial charge on any atom is 0.236 e. The fourth-order valence-electron chi connectivity index (χ4n) is 2.97. The van der Waals surface area contributed by atoms with Crippen LogP contribution < -0.4 is 10.7 Å². The Hall–Kier alpha value is -2.51. The van der Waals surface area contributed by atoms with Crippen LogP contribution in [-0.2, 0) is 11.3 Å². The summed E-state index contributed by atoms with van der Waals surface area (Å²) in [4.78, 5) is 13.0. The molecule has 4 rings (SSSR count). The number of hydrogen-bond acceptors (Lipinski definition) is 5. The minimum atomic E-state index is -0.383. The molecule has 0 saturated carbocycles. The van der Waals surface area contributed by atoms with E-state index in [1.807, 2.05) is 66.2 Å². The second-order valence-electron chi connectivity index (χ2n) is 6.27. The van der Waals surface area contributed by atoms with Gasteiger partial charge >= 0.3 is 0 Å². The first-order valence-corrected chi connectivity index (χ1v) is 9.80. The third-order valence-corrected chi connectivity index (χ3v) is 5.86. The van der Waals surface area contributed by atoms with E-state index in [0.717, 1.165) is 17.0 Å². The number of thioether (sulfide) groups is 1. The molecule has 8 heteroatoms. The van der Waals surface area contributed by atoms with E-state index in [2.05, 4.69) is 20.9 Å². The molecule has 0 bridgehead atoms. The molecule has 2 aromatic carbocycles. The first-order valence-electron chi connectivity index (χ1n) is 8.54. The molecule has 0 unspecified atom stereocenters. The zero-order chi connectivity index (χ0) is 18.8. The molecule has 27 heavy (non-hydrogen) atoms. The average Bonchev–Trinajstić information content (AvgIpc) is 3.07. The van der Waals surface area contributed by atoms with Crippen molar-refractivity contribution in [3.8, 4) is 0 Å². The maximum absolute atomic E-state index is 13.0. The van der Waals surface area contributed by atoms with Gasteiger partial charge in [0.2, 0.25) is 11.1 Å². The summed E-state index contributed by atoms with van der Waals surface area (Å²) in [7, 11) is 0. The molecule has 2 atom stereocenters. The molecule has 1 aliphatic heterocycles. The largest absolute Gasteiger partial charge is 0.351 e. The number of rotatable bonds is 4. The van der Waals surface area contributed by atoms with Gasteiger partial charge in [-0.2, -0.15) is 0 Å². The summed E-state index contributed by atoms with van der Waals surface area (Å²) in [6.45, 7) is 2.36. The van der Waals surface area contributed by atoms with Crippen LogP contribution in [0.1, 0.15) is 23.0 Å². The topological polar surface area (TPSA) is 71.8 Å². The van der Waals surface area contributed by atoms with Gasteiger partial charge in [-0.3, -0.25) is 4.79 Å². The van der Waals surface area contributed by atoms with Gasteiger partial charge in [-0.05, 0) is 30.2 Å². The van der Waals surface area contributed by atoms with Crippen LogP contribution in [0.3, 0.4) is 0 Å². The molecular weight excluding hydrogens is 382 g/mol. The SMILES string of the molecule is Cc1nnc2n1N[C@H](c1ccc(Cl)cc1)[C@H](C(=O)NCc1ccccc1)S2. The summed E-state index contributed by atoms with van der Waals surface area (Å²) in [5, 5.41) is 12.3. The number of carbonyl (C=O) groups excluding carboxylic acids is 1. The average molecular weight is 400 g/mol. The summed E-state index contributed by atoms with van der Waals surface area (Å²) >= 11 is 7.44. The fourth-order valence-corrected chi connectivity index (χ4v) is 4.24. The molecule has 1 amide bonds. The number of nitrogens with one attached hydrogen (secondary N) is 2. The van der Waals surface area contributed by atoms with E-state index >= 15 is 0 Å². The number of fused-ring (bicyclic) bond motifs is 1. The molecule has 0 fully saturated rings. The minimum absolute atomic E-state index is 0.0526. The van der Waals surface area contributed by atoms with Crippen molar-refractivity contribution in [1.29, 1.82) is 0 Å². The van der Waals surface area contributed by atoms with Gasteiger partial charge in [-0.15, -0.1) is 10.2 Å². The zero-order valence-electron chi connectivity index (χ0n) is 14.6. The predicted octanol–water partition coefficient (Wildman–Crippen LogP) is 3.32. The minimum Gasteiger partial charge on any atom is -0.351 e. The Kier molecular flexibility index (Phi) is 5.05. The van der Waals surface area contributed by atoms with Crippen molar-refractivity contribution in [1.82, 2.24) is 20.2 Å². The lowest BCUT2D eigenvalue weighted by Gasteiger charge is -2.32. The lowest BCUT2D eigenvalue weighted by Crippen LogP contribution is -2.44. The van der Waals surface area contributed by atoms with Crippen LogP contribution in [0.15, 0.2) is 59.8 Å². The Labute approximate surface area is 166 Å². The summed E-state index contributed by atoms with van der Waals surface area (Å²) in [5.41, 5.74) is 5.41. The molecule has 2 heterocycles. The van der Waals surface area contributed by atoms with Crippen LogP contribution in [0.2, 0.25) is 5.02 Å². The monoisotopic (exact) mass is 399 g/mol. The molecule has 1 aliphatic rings. The Morgan fingerprint density at radius 1 is 1.19 bits per heavy atom. The molecule has 2 N–H and O–H groups in total. The van der Waals surface area contributed by atoms with Crippen LogP contribution in [0.4, 0.5) is 0 Å². The van der Waals surface area contributed by atoms with Gasteiger partial charge in [-0.1, -0.05) is 65.8 Å². The Morgan fingerprint density at radius 3 is 2.67 bits per heavy atom. The van der Waals surface area contributed by atoms with Crippen molar-refractivity contribution in [2.24, 2.45) is 0 Å². The highest BCUT2D eigenvalue weighted by molar-refractivity contribution is 8.00. The quantitative estimate of drug-likeness (QED) is 0.704. The molecule has 0 spiro atoms. The van der Waals surface area contributed by atoms with E-state index < -0.39 is 0 Å². The fraction of sp³-hybridized carbons (Fsp3) is 0.211. The number of benzene rings is 2. The number of amides is 1. The van der Waals surface area contributed by atoms with Crippen molar-refractivity contribution < 1.29 is 4.79 Å².